The van der Waals surface area contributed by atoms with E-state index in [0.717, 1.165) is 12.8 Å². The minimum Gasteiger partial charge on any atom is -0.340 e. The zero-order valence-electron chi connectivity index (χ0n) is 13.9. The van der Waals surface area contributed by atoms with Crippen molar-refractivity contribution in [1.29, 1.82) is 0 Å². The van der Waals surface area contributed by atoms with Gasteiger partial charge in [-0.15, -0.1) is 0 Å². The summed E-state index contributed by atoms with van der Waals surface area (Å²) in [5.41, 5.74) is -1.44. The largest absolute Gasteiger partial charge is 0.340 e. The number of nitrogens with zero attached hydrogens (tertiary/aromatic N) is 1. The minimum absolute atomic E-state index is 0.00871. The van der Waals surface area contributed by atoms with E-state index in [4.69, 9.17) is 0 Å². The molecule has 4 heteroatoms. The van der Waals surface area contributed by atoms with E-state index in [0.29, 0.717) is 19.3 Å². The van der Waals surface area contributed by atoms with Gasteiger partial charge in [-0.1, -0.05) is 34.1 Å². The third kappa shape index (κ3) is 2.45. The summed E-state index contributed by atoms with van der Waals surface area (Å²) in [5.74, 6) is 0.0821. The van der Waals surface area contributed by atoms with Crippen LogP contribution >= 0.6 is 0 Å². The second kappa shape index (κ2) is 6.15. The van der Waals surface area contributed by atoms with Crippen molar-refractivity contribution in [2.24, 2.45) is 0 Å². The molecule has 0 saturated carbocycles. The maximum atomic E-state index is 13.0. The molecule has 0 aromatic carbocycles. The van der Waals surface area contributed by atoms with Gasteiger partial charge in [-0.3, -0.25) is 9.59 Å². The van der Waals surface area contributed by atoms with Crippen LogP contribution in [0.5, 0.6) is 0 Å². The Morgan fingerprint density at radius 3 is 2.05 bits per heavy atom. The Labute approximate surface area is 123 Å². The summed E-state index contributed by atoms with van der Waals surface area (Å²) < 4.78 is 0. The predicted molar refractivity (Wildman–Crippen MR) is 81.4 cm³/mol. The van der Waals surface area contributed by atoms with Crippen molar-refractivity contribution in [2.45, 2.75) is 90.8 Å². The van der Waals surface area contributed by atoms with E-state index in [1.807, 2.05) is 32.6 Å². The fraction of sp³-hybridized carbons (Fsp3) is 0.875. The molecule has 1 N–H and O–H groups in total. The minimum atomic E-state index is -0.757. The van der Waals surface area contributed by atoms with Crippen molar-refractivity contribution in [1.82, 2.24) is 10.2 Å². The van der Waals surface area contributed by atoms with Crippen LogP contribution in [0.25, 0.3) is 0 Å². The SMILES string of the molecule is CCCC(C)N1C(=O)C(C)(CC)NC(=O)C1(CC)CC. The van der Waals surface area contributed by atoms with E-state index in [9.17, 15) is 9.59 Å². The molecule has 20 heavy (non-hydrogen) atoms. The third-order valence-electron chi connectivity index (χ3n) is 4.99. The van der Waals surface area contributed by atoms with Crippen LogP contribution in [0.1, 0.15) is 73.6 Å². The Hall–Kier alpha value is -1.06. The van der Waals surface area contributed by atoms with Gasteiger partial charge in [-0.05, 0) is 39.5 Å². The van der Waals surface area contributed by atoms with Crippen LogP contribution in [0.3, 0.4) is 0 Å². The molecule has 1 aliphatic rings. The molecule has 0 aromatic rings. The first-order chi connectivity index (χ1) is 9.32. The first-order valence-electron chi connectivity index (χ1n) is 7.99. The van der Waals surface area contributed by atoms with Crippen LogP contribution in [0, 0.1) is 0 Å². The third-order valence-corrected chi connectivity index (χ3v) is 4.99. The van der Waals surface area contributed by atoms with Crippen LogP contribution in [-0.2, 0) is 9.59 Å². The maximum Gasteiger partial charge on any atom is 0.249 e. The van der Waals surface area contributed by atoms with Crippen molar-refractivity contribution >= 4 is 11.8 Å². The van der Waals surface area contributed by atoms with Crippen molar-refractivity contribution < 1.29 is 9.59 Å². The van der Waals surface area contributed by atoms with Gasteiger partial charge in [0.25, 0.3) is 0 Å². The first kappa shape index (κ1) is 17.0. The molecule has 1 saturated heterocycles. The maximum absolute atomic E-state index is 13.0. The lowest BCUT2D eigenvalue weighted by molar-refractivity contribution is -0.167. The summed E-state index contributed by atoms with van der Waals surface area (Å²) in [6.07, 6.45) is 3.89. The monoisotopic (exact) mass is 282 g/mol. The summed E-state index contributed by atoms with van der Waals surface area (Å²) in [6.45, 7) is 12.0. The highest BCUT2D eigenvalue weighted by Crippen LogP contribution is 2.35. The Balaban J connectivity index is 3.31. The molecule has 1 heterocycles. The van der Waals surface area contributed by atoms with Crippen LogP contribution < -0.4 is 5.32 Å². The standard InChI is InChI=1S/C16H30N2O2/c1-7-11-12(5)18-14(20)15(6,8-2)17-13(19)16(18,9-3)10-4/h12H,7-11H2,1-6H3,(H,17,19). The Kier molecular flexibility index (Phi) is 5.22. The van der Waals surface area contributed by atoms with E-state index < -0.39 is 11.1 Å². The normalized spacial score (nSPS) is 27.4. The zero-order valence-corrected chi connectivity index (χ0v) is 13.9. The second-order valence-electron chi connectivity index (χ2n) is 6.19. The molecule has 2 atom stereocenters. The van der Waals surface area contributed by atoms with Gasteiger partial charge in [0, 0.05) is 6.04 Å². The van der Waals surface area contributed by atoms with Gasteiger partial charge in [0.15, 0.2) is 0 Å². The summed E-state index contributed by atoms with van der Waals surface area (Å²) in [7, 11) is 0. The summed E-state index contributed by atoms with van der Waals surface area (Å²) in [5, 5.41) is 2.98. The van der Waals surface area contributed by atoms with E-state index in [-0.39, 0.29) is 17.9 Å². The lowest BCUT2D eigenvalue weighted by Gasteiger charge is -2.53. The number of nitrogens with one attached hydrogen (secondary N) is 1. The smallest absolute Gasteiger partial charge is 0.249 e. The number of carbonyl (C=O) groups excluding carboxylic acids is 2. The van der Waals surface area contributed by atoms with Gasteiger partial charge in [-0.2, -0.15) is 0 Å². The molecule has 1 fully saturated rings. The molecule has 0 aromatic heterocycles. The van der Waals surface area contributed by atoms with Gasteiger partial charge in [0.1, 0.15) is 11.1 Å². The van der Waals surface area contributed by atoms with E-state index in [1.54, 1.807) is 0 Å². The Morgan fingerprint density at radius 2 is 1.65 bits per heavy atom. The van der Waals surface area contributed by atoms with Gasteiger partial charge in [0.2, 0.25) is 11.8 Å². The van der Waals surface area contributed by atoms with Crippen LogP contribution in [0.4, 0.5) is 0 Å². The van der Waals surface area contributed by atoms with Crippen molar-refractivity contribution in [2.75, 3.05) is 0 Å². The molecular formula is C16H30N2O2. The topological polar surface area (TPSA) is 49.4 Å². The van der Waals surface area contributed by atoms with Crippen molar-refractivity contribution in [3.05, 3.63) is 0 Å². The quantitative estimate of drug-likeness (QED) is 0.814. The van der Waals surface area contributed by atoms with Crippen LogP contribution in [0.15, 0.2) is 0 Å². The second-order valence-corrected chi connectivity index (χ2v) is 6.19. The van der Waals surface area contributed by atoms with Crippen LogP contribution in [0.2, 0.25) is 0 Å². The average Bonchev–Trinajstić information content (AvgIpc) is 2.42. The lowest BCUT2D eigenvalue weighted by Crippen LogP contribution is -2.76. The molecule has 2 unspecified atom stereocenters. The summed E-state index contributed by atoms with van der Waals surface area (Å²) in [6, 6.07) is 0.101. The molecule has 0 aliphatic carbocycles. The lowest BCUT2D eigenvalue weighted by atomic mass is 9.80. The van der Waals surface area contributed by atoms with Gasteiger partial charge in [0.05, 0.1) is 0 Å². The fourth-order valence-corrected chi connectivity index (χ4v) is 3.31. The first-order valence-corrected chi connectivity index (χ1v) is 7.99. The van der Waals surface area contributed by atoms with E-state index in [1.165, 1.54) is 0 Å². The molecule has 2 amide bonds. The van der Waals surface area contributed by atoms with E-state index in [2.05, 4.69) is 19.2 Å². The highest BCUT2D eigenvalue weighted by atomic mass is 16.2. The fourth-order valence-electron chi connectivity index (χ4n) is 3.31. The predicted octanol–water partition coefficient (Wildman–Crippen LogP) is 2.86. The molecule has 4 nitrogen and oxygen atoms in total. The molecule has 1 aliphatic heterocycles. The van der Waals surface area contributed by atoms with Crippen molar-refractivity contribution in [3.8, 4) is 0 Å². The highest BCUT2D eigenvalue weighted by molar-refractivity contribution is 6.02. The molecule has 0 radical (unpaired) electrons. The number of hydrogen-bond donors (Lipinski definition) is 1. The number of rotatable bonds is 6. The molecule has 0 spiro atoms. The summed E-state index contributed by atoms with van der Waals surface area (Å²) >= 11 is 0. The number of piperazine rings is 1. The number of hydrogen-bond acceptors (Lipinski definition) is 2. The van der Waals surface area contributed by atoms with Gasteiger partial charge < -0.3 is 10.2 Å². The highest BCUT2D eigenvalue weighted by Gasteiger charge is 2.55. The molecule has 1 rings (SSSR count). The Bertz CT molecular complexity index is 377. The molecule has 116 valence electrons. The molecule has 0 bridgehead atoms. The van der Waals surface area contributed by atoms with E-state index >= 15 is 0 Å². The summed E-state index contributed by atoms with van der Waals surface area (Å²) in [4.78, 5) is 27.6. The van der Waals surface area contributed by atoms with Crippen LogP contribution in [-0.4, -0.2) is 33.8 Å². The zero-order chi connectivity index (χ0) is 15.6. The van der Waals surface area contributed by atoms with Gasteiger partial charge in [-0.25, -0.2) is 0 Å². The number of carbonyl (C=O) groups is 2. The van der Waals surface area contributed by atoms with Crippen molar-refractivity contribution in [3.63, 3.8) is 0 Å². The Morgan fingerprint density at radius 1 is 1.10 bits per heavy atom. The molecular weight excluding hydrogens is 252 g/mol. The van der Waals surface area contributed by atoms with Gasteiger partial charge >= 0.3 is 0 Å². The number of amides is 2. The average molecular weight is 282 g/mol.